The Labute approximate surface area is 194 Å². The summed E-state index contributed by atoms with van der Waals surface area (Å²) in [5.41, 5.74) is 9.30. The van der Waals surface area contributed by atoms with Crippen LogP contribution in [0, 0.1) is 12.8 Å². The van der Waals surface area contributed by atoms with Gasteiger partial charge in [0, 0.05) is 29.0 Å². The van der Waals surface area contributed by atoms with Crippen LogP contribution in [0.5, 0.6) is 0 Å². The van der Waals surface area contributed by atoms with Gasteiger partial charge in [0.2, 0.25) is 0 Å². The molecule has 1 saturated carbocycles. The second-order valence-electron chi connectivity index (χ2n) is 7.95. The van der Waals surface area contributed by atoms with Gasteiger partial charge in [-0.1, -0.05) is 53.6 Å². The summed E-state index contributed by atoms with van der Waals surface area (Å²) in [6.45, 7) is 1.99. The maximum atomic E-state index is 13.0. The predicted molar refractivity (Wildman–Crippen MR) is 128 cm³/mol. The van der Waals surface area contributed by atoms with E-state index in [0.29, 0.717) is 17.2 Å². The van der Waals surface area contributed by atoms with E-state index >= 15 is 0 Å². The molecular formula is C23H25N3O2S3. The molecule has 3 aromatic rings. The van der Waals surface area contributed by atoms with Gasteiger partial charge in [0.15, 0.2) is 10.1 Å². The molecule has 4 rings (SSSR count). The Kier molecular flexibility index (Phi) is 7.20. The van der Waals surface area contributed by atoms with Gasteiger partial charge in [-0.05, 0) is 31.4 Å². The fourth-order valence-corrected chi connectivity index (χ4v) is 6.48. The fourth-order valence-electron chi connectivity index (χ4n) is 3.89. The molecule has 1 aliphatic rings. The monoisotopic (exact) mass is 471 g/mol. The van der Waals surface area contributed by atoms with E-state index in [-0.39, 0.29) is 23.9 Å². The van der Waals surface area contributed by atoms with E-state index in [1.807, 2.05) is 30.5 Å². The molecule has 0 amide bonds. The lowest BCUT2D eigenvalue weighted by Crippen LogP contribution is -2.16. The molecule has 2 heterocycles. The largest absolute Gasteiger partial charge is 0.389 e. The topological polar surface area (TPSA) is 85.9 Å². The Balaban J connectivity index is 1.38. The molecule has 0 aliphatic heterocycles. The highest BCUT2D eigenvalue weighted by atomic mass is 32.2. The number of benzene rings is 1. The smallest absolute Gasteiger partial charge is 0.166 e. The highest BCUT2D eigenvalue weighted by Crippen LogP contribution is 2.30. The zero-order valence-corrected chi connectivity index (χ0v) is 19.9. The molecule has 0 radical (unpaired) electrons. The average molecular weight is 472 g/mol. The highest BCUT2D eigenvalue weighted by Gasteiger charge is 2.26. The van der Waals surface area contributed by atoms with Crippen LogP contribution in [0.2, 0.25) is 0 Å². The first-order valence-corrected chi connectivity index (χ1v) is 13.1. The predicted octanol–water partition coefficient (Wildman–Crippen LogP) is 5.51. The molecule has 0 unspecified atom stereocenters. The number of nitrogens with two attached hydrogens (primary N) is 1. The average Bonchev–Trinajstić information content (AvgIpc) is 3.50. The van der Waals surface area contributed by atoms with Crippen LogP contribution in [0.4, 0.5) is 5.00 Å². The summed E-state index contributed by atoms with van der Waals surface area (Å²) in [7, 11) is 0. The van der Waals surface area contributed by atoms with Crippen LogP contribution in [0.15, 0.2) is 34.1 Å². The van der Waals surface area contributed by atoms with Gasteiger partial charge in [-0.2, -0.15) is 0 Å². The van der Waals surface area contributed by atoms with E-state index in [2.05, 4.69) is 9.97 Å². The maximum Gasteiger partial charge on any atom is 0.166 e. The first-order valence-electron chi connectivity index (χ1n) is 10.4. The third-order valence-corrected chi connectivity index (χ3v) is 8.35. The molecule has 0 bridgehead atoms. The van der Waals surface area contributed by atoms with Crippen molar-refractivity contribution < 1.29 is 9.59 Å². The number of thiazole rings is 2. The van der Waals surface area contributed by atoms with Crippen molar-refractivity contribution in [1.82, 2.24) is 9.97 Å². The Morgan fingerprint density at radius 3 is 2.77 bits per heavy atom. The first-order chi connectivity index (χ1) is 15.0. The summed E-state index contributed by atoms with van der Waals surface area (Å²) in [5.74, 6) is 1.11. The van der Waals surface area contributed by atoms with E-state index < -0.39 is 0 Å². The van der Waals surface area contributed by atoms with Crippen molar-refractivity contribution in [2.24, 2.45) is 5.92 Å². The van der Waals surface area contributed by atoms with E-state index in [1.54, 1.807) is 18.0 Å². The number of ketones is 2. The minimum absolute atomic E-state index is 0.0885. The van der Waals surface area contributed by atoms with Crippen molar-refractivity contribution >= 4 is 51.0 Å². The molecule has 1 fully saturated rings. The van der Waals surface area contributed by atoms with Crippen molar-refractivity contribution in [3.8, 4) is 0 Å². The van der Waals surface area contributed by atoms with E-state index in [4.69, 9.17) is 5.73 Å². The van der Waals surface area contributed by atoms with E-state index in [9.17, 15) is 9.59 Å². The molecule has 5 nitrogen and oxygen atoms in total. The summed E-state index contributed by atoms with van der Waals surface area (Å²) < 4.78 is 0.918. The van der Waals surface area contributed by atoms with Crippen LogP contribution in [-0.4, -0.2) is 21.5 Å². The number of Topliss-reactive ketones (excluding diaryl/α,β-unsaturated/α-hetero) is 2. The third-order valence-electron chi connectivity index (χ3n) is 5.44. The number of carbonyl (C=O) groups excluding carboxylic acids is 2. The lowest BCUT2D eigenvalue weighted by atomic mass is 9.90. The Morgan fingerprint density at radius 1 is 1.23 bits per heavy atom. The molecule has 2 aromatic heterocycles. The van der Waals surface area contributed by atoms with Crippen LogP contribution in [-0.2, 0) is 23.4 Å². The summed E-state index contributed by atoms with van der Waals surface area (Å²) in [4.78, 5) is 34.6. The number of anilines is 1. The van der Waals surface area contributed by atoms with Gasteiger partial charge in [0.05, 0.1) is 18.3 Å². The fraction of sp³-hybridized carbons (Fsp3) is 0.391. The summed E-state index contributed by atoms with van der Waals surface area (Å²) in [6, 6.07) is 5.88. The van der Waals surface area contributed by atoms with Crippen molar-refractivity contribution in [1.29, 1.82) is 0 Å². The van der Waals surface area contributed by atoms with E-state index in [0.717, 1.165) is 57.4 Å². The normalized spacial score (nSPS) is 14.2. The number of aromatic nitrogens is 2. The van der Waals surface area contributed by atoms with Gasteiger partial charge in [0.1, 0.15) is 15.8 Å². The SMILES string of the molecule is Cc1ccc(CC(=O)Cc2nc(CSc3ncc(N)s3)cs2)c(C(=O)C2CCCC2)c1. The minimum atomic E-state index is 0.0885. The number of nitrogens with zero attached hydrogens (tertiary/aromatic N) is 2. The maximum absolute atomic E-state index is 13.0. The van der Waals surface area contributed by atoms with Crippen LogP contribution in [0.25, 0.3) is 0 Å². The zero-order chi connectivity index (χ0) is 21.8. The number of carbonyl (C=O) groups is 2. The highest BCUT2D eigenvalue weighted by molar-refractivity contribution is 8.00. The zero-order valence-electron chi connectivity index (χ0n) is 17.4. The number of hydrogen-bond donors (Lipinski definition) is 1. The van der Waals surface area contributed by atoms with Gasteiger partial charge >= 0.3 is 0 Å². The number of aryl methyl sites for hydroxylation is 1. The van der Waals surface area contributed by atoms with Gasteiger partial charge < -0.3 is 5.73 Å². The number of thioether (sulfide) groups is 1. The van der Waals surface area contributed by atoms with Gasteiger partial charge in [-0.3, -0.25) is 9.59 Å². The second-order valence-corrected chi connectivity index (χ2v) is 11.2. The molecule has 1 aliphatic carbocycles. The van der Waals surface area contributed by atoms with Gasteiger partial charge in [-0.15, -0.1) is 11.3 Å². The van der Waals surface area contributed by atoms with Crippen LogP contribution in [0.3, 0.4) is 0 Å². The third kappa shape index (κ3) is 5.81. The molecule has 2 N–H and O–H groups in total. The first kappa shape index (κ1) is 22.2. The molecule has 8 heteroatoms. The lowest BCUT2D eigenvalue weighted by Gasteiger charge is -2.13. The molecule has 1 aromatic carbocycles. The Morgan fingerprint density at radius 2 is 2.03 bits per heavy atom. The summed E-state index contributed by atoms with van der Waals surface area (Å²) >= 11 is 4.57. The van der Waals surface area contributed by atoms with Crippen molar-refractivity contribution in [2.45, 2.75) is 55.5 Å². The molecule has 31 heavy (non-hydrogen) atoms. The van der Waals surface area contributed by atoms with Crippen molar-refractivity contribution in [3.63, 3.8) is 0 Å². The quantitative estimate of drug-likeness (QED) is 0.327. The van der Waals surface area contributed by atoms with Crippen LogP contribution < -0.4 is 5.73 Å². The molecule has 0 atom stereocenters. The summed E-state index contributed by atoms with van der Waals surface area (Å²) in [5, 5.41) is 3.51. The van der Waals surface area contributed by atoms with E-state index in [1.165, 1.54) is 22.7 Å². The Hall–Kier alpha value is -2.03. The number of rotatable bonds is 9. The molecule has 0 saturated heterocycles. The number of nitrogen functional groups attached to an aromatic ring is 1. The van der Waals surface area contributed by atoms with Crippen LogP contribution >= 0.6 is 34.4 Å². The molecular weight excluding hydrogens is 446 g/mol. The number of hydrogen-bond acceptors (Lipinski definition) is 8. The molecule has 0 spiro atoms. The standard InChI is InChI=1S/C23H25N3O2S3/c1-14-6-7-16(19(8-14)22(28)15-4-2-3-5-15)9-18(27)10-21-26-17(12-29-21)13-30-23-25-11-20(24)31-23/h6-8,11-12,15H,2-5,9-10,13,24H2,1H3. The summed E-state index contributed by atoms with van der Waals surface area (Å²) in [6.07, 6.45) is 6.41. The Bertz CT molecular complexity index is 1080. The van der Waals surface area contributed by atoms with Crippen LogP contribution in [0.1, 0.15) is 57.9 Å². The molecule has 162 valence electrons. The second kappa shape index (κ2) is 10.1. The minimum Gasteiger partial charge on any atom is -0.389 e. The van der Waals surface area contributed by atoms with Crippen molar-refractivity contribution in [2.75, 3.05) is 5.73 Å². The lowest BCUT2D eigenvalue weighted by molar-refractivity contribution is -0.117. The van der Waals surface area contributed by atoms with Gasteiger partial charge in [-0.25, -0.2) is 9.97 Å². The van der Waals surface area contributed by atoms with Gasteiger partial charge in [0.25, 0.3) is 0 Å². The van der Waals surface area contributed by atoms with Crippen molar-refractivity contribution in [3.05, 3.63) is 57.2 Å².